The lowest BCUT2D eigenvalue weighted by atomic mass is 10.1. The van der Waals surface area contributed by atoms with Crippen molar-refractivity contribution >= 4 is 34.2 Å². The van der Waals surface area contributed by atoms with Gasteiger partial charge >= 0.3 is 5.69 Å². The lowest BCUT2D eigenvalue weighted by Gasteiger charge is -2.08. The zero-order valence-electron chi connectivity index (χ0n) is 15.3. The number of aryl methyl sites for hydroxylation is 1. The van der Waals surface area contributed by atoms with Gasteiger partial charge in [0.05, 0.1) is 28.8 Å². The van der Waals surface area contributed by atoms with Crippen LogP contribution in [0.2, 0.25) is 5.02 Å². The summed E-state index contributed by atoms with van der Waals surface area (Å²) in [5, 5.41) is 8.04. The molecule has 1 amide bonds. The van der Waals surface area contributed by atoms with E-state index in [9.17, 15) is 9.59 Å². The van der Waals surface area contributed by atoms with Gasteiger partial charge in [-0.25, -0.2) is 4.79 Å². The monoisotopic (exact) mass is 395 g/mol. The van der Waals surface area contributed by atoms with E-state index < -0.39 is 0 Å². The second kappa shape index (κ2) is 7.01. The number of amides is 1. The van der Waals surface area contributed by atoms with Gasteiger partial charge in [0.2, 0.25) is 0 Å². The number of nitrogens with zero attached hydrogens (tertiary/aromatic N) is 2. The molecule has 0 fully saturated rings. The molecule has 0 saturated heterocycles. The van der Waals surface area contributed by atoms with Crippen molar-refractivity contribution in [1.29, 1.82) is 0 Å². The van der Waals surface area contributed by atoms with Gasteiger partial charge < -0.3 is 15.3 Å². The van der Waals surface area contributed by atoms with Crippen LogP contribution in [0, 0.1) is 13.8 Å². The van der Waals surface area contributed by atoms with Crippen LogP contribution in [-0.2, 0) is 6.54 Å². The van der Waals surface area contributed by atoms with E-state index in [0.717, 1.165) is 11.3 Å². The number of rotatable bonds is 4. The van der Waals surface area contributed by atoms with Crippen LogP contribution in [0.3, 0.4) is 0 Å². The zero-order valence-corrected chi connectivity index (χ0v) is 16.1. The van der Waals surface area contributed by atoms with Crippen LogP contribution in [0.15, 0.2) is 47.3 Å². The van der Waals surface area contributed by atoms with E-state index in [1.807, 2.05) is 31.2 Å². The molecule has 0 spiro atoms. The maximum Gasteiger partial charge on any atom is 0.323 e. The summed E-state index contributed by atoms with van der Waals surface area (Å²) in [5.74, 6) is -0.252. The van der Waals surface area contributed by atoms with E-state index in [2.05, 4.69) is 20.4 Å². The Kier molecular flexibility index (Phi) is 4.52. The molecule has 8 heteroatoms. The summed E-state index contributed by atoms with van der Waals surface area (Å²) in [7, 11) is 0. The number of imidazole rings is 1. The largest absolute Gasteiger partial charge is 0.323 e. The number of hydrogen-bond acceptors (Lipinski definition) is 3. The van der Waals surface area contributed by atoms with Crippen LogP contribution in [0.5, 0.6) is 0 Å². The molecule has 4 aromatic rings. The maximum atomic E-state index is 12.9. The fraction of sp³-hybridized carbons (Fsp3) is 0.150. The molecule has 2 aromatic carbocycles. The normalized spacial score (nSPS) is 11.1. The Labute approximate surface area is 165 Å². The minimum atomic E-state index is -0.286. The first-order chi connectivity index (χ1) is 13.4. The van der Waals surface area contributed by atoms with Crippen LogP contribution in [0.4, 0.5) is 5.69 Å². The molecule has 2 aromatic heterocycles. The van der Waals surface area contributed by atoms with E-state index in [4.69, 9.17) is 11.6 Å². The first kappa shape index (κ1) is 18.1. The third-order valence-electron chi connectivity index (χ3n) is 4.66. The SMILES string of the molecule is Cc1nn(Cc2ccccc2Cl)c(C)c1C(=O)Nc1ccc2[nH]c(=O)[nH]c2c1. The summed E-state index contributed by atoms with van der Waals surface area (Å²) in [6.07, 6.45) is 0. The number of carbonyl (C=O) groups excluding carboxylic acids is 1. The molecule has 0 radical (unpaired) electrons. The third-order valence-corrected chi connectivity index (χ3v) is 5.03. The smallest absolute Gasteiger partial charge is 0.322 e. The first-order valence-corrected chi connectivity index (χ1v) is 9.11. The number of carbonyl (C=O) groups is 1. The summed E-state index contributed by atoms with van der Waals surface area (Å²) < 4.78 is 1.78. The molecule has 142 valence electrons. The van der Waals surface area contributed by atoms with Crippen LogP contribution in [0.25, 0.3) is 11.0 Å². The molecule has 0 atom stereocenters. The predicted molar refractivity (Wildman–Crippen MR) is 109 cm³/mol. The van der Waals surface area contributed by atoms with Crippen molar-refractivity contribution < 1.29 is 4.79 Å². The second-order valence-electron chi connectivity index (χ2n) is 6.59. The van der Waals surface area contributed by atoms with Crippen molar-refractivity contribution in [3.8, 4) is 0 Å². The minimum absolute atomic E-state index is 0.252. The van der Waals surface area contributed by atoms with Gasteiger partial charge in [-0.15, -0.1) is 0 Å². The van der Waals surface area contributed by atoms with Gasteiger partial charge in [0.15, 0.2) is 0 Å². The highest BCUT2D eigenvalue weighted by Crippen LogP contribution is 2.21. The zero-order chi connectivity index (χ0) is 19.8. The molecule has 0 aliphatic heterocycles. The van der Waals surface area contributed by atoms with Gasteiger partial charge in [0.1, 0.15) is 0 Å². The number of hydrogen-bond donors (Lipinski definition) is 3. The molecule has 7 nitrogen and oxygen atoms in total. The summed E-state index contributed by atoms with van der Waals surface area (Å²) in [5.41, 5.74) is 4.47. The van der Waals surface area contributed by atoms with Gasteiger partial charge in [-0.05, 0) is 43.7 Å². The second-order valence-corrected chi connectivity index (χ2v) is 7.00. The molecule has 2 heterocycles. The topological polar surface area (TPSA) is 95.6 Å². The van der Waals surface area contributed by atoms with Gasteiger partial charge in [-0.2, -0.15) is 5.10 Å². The van der Waals surface area contributed by atoms with Crippen molar-refractivity contribution in [3.63, 3.8) is 0 Å². The molecule has 0 aliphatic carbocycles. The summed E-state index contributed by atoms with van der Waals surface area (Å²) >= 11 is 6.24. The predicted octanol–water partition coefficient (Wildman–Crippen LogP) is 3.62. The highest BCUT2D eigenvalue weighted by Gasteiger charge is 2.19. The van der Waals surface area contributed by atoms with Crippen LogP contribution < -0.4 is 11.0 Å². The Morgan fingerprint density at radius 1 is 1.14 bits per heavy atom. The summed E-state index contributed by atoms with van der Waals surface area (Å²) in [6.45, 7) is 4.15. The number of aromatic nitrogens is 4. The lowest BCUT2D eigenvalue weighted by Crippen LogP contribution is -2.14. The fourth-order valence-corrected chi connectivity index (χ4v) is 3.47. The van der Waals surface area contributed by atoms with Gasteiger partial charge in [-0.3, -0.25) is 9.48 Å². The van der Waals surface area contributed by atoms with E-state index >= 15 is 0 Å². The molecule has 0 aliphatic rings. The standard InChI is InChI=1S/C20H18ClN5O2/c1-11-18(12(2)26(25-11)10-13-5-3-4-6-15(13)21)19(27)22-14-7-8-16-17(9-14)24-20(28)23-16/h3-9H,10H2,1-2H3,(H,22,27)(H2,23,24,28). The van der Waals surface area contributed by atoms with Crippen LogP contribution in [0.1, 0.15) is 27.3 Å². The van der Waals surface area contributed by atoms with Gasteiger partial charge in [0.25, 0.3) is 5.91 Å². The number of H-pyrrole nitrogens is 2. The number of aromatic amines is 2. The Balaban J connectivity index is 1.61. The Hall–Kier alpha value is -3.32. The molecule has 0 bridgehead atoms. The molecular formula is C20H18ClN5O2. The minimum Gasteiger partial charge on any atom is -0.322 e. The van der Waals surface area contributed by atoms with E-state index in [1.165, 1.54) is 0 Å². The molecule has 0 saturated carbocycles. The van der Waals surface area contributed by atoms with Gasteiger partial charge in [-0.1, -0.05) is 29.8 Å². The number of halogens is 1. The molecule has 3 N–H and O–H groups in total. The molecule has 4 rings (SSSR count). The van der Waals surface area contributed by atoms with Crippen molar-refractivity contribution in [2.45, 2.75) is 20.4 Å². The Bertz CT molecular complexity index is 1250. The molecular weight excluding hydrogens is 378 g/mol. The van der Waals surface area contributed by atoms with Crippen molar-refractivity contribution in [2.24, 2.45) is 0 Å². The van der Waals surface area contributed by atoms with E-state index in [0.29, 0.717) is 39.5 Å². The maximum absolute atomic E-state index is 12.9. The average molecular weight is 396 g/mol. The number of benzene rings is 2. The van der Waals surface area contributed by atoms with E-state index in [1.54, 1.807) is 29.8 Å². The number of nitrogens with one attached hydrogen (secondary N) is 3. The van der Waals surface area contributed by atoms with Crippen LogP contribution >= 0.6 is 11.6 Å². The van der Waals surface area contributed by atoms with E-state index in [-0.39, 0.29) is 11.6 Å². The highest BCUT2D eigenvalue weighted by atomic mass is 35.5. The first-order valence-electron chi connectivity index (χ1n) is 8.73. The Morgan fingerprint density at radius 2 is 1.89 bits per heavy atom. The highest BCUT2D eigenvalue weighted by molar-refractivity contribution is 6.31. The molecule has 28 heavy (non-hydrogen) atoms. The van der Waals surface area contributed by atoms with Crippen molar-refractivity contribution in [2.75, 3.05) is 5.32 Å². The average Bonchev–Trinajstić information content (AvgIpc) is 3.15. The fourth-order valence-electron chi connectivity index (χ4n) is 3.27. The van der Waals surface area contributed by atoms with Crippen molar-refractivity contribution in [3.05, 3.63) is 80.5 Å². The summed E-state index contributed by atoms with van der Waals surface area (Å²) in [4.78, 5) is 29.6. The number of anilines is 1. The Morgan fingerprint density at radius 3 is 2.68 bits per heavy atom. The number of fused-ring (bicyclic) bond motifs is 1. The molecule has 0 unspecified atom stereocenters. The van der Waals surface area contributed by atoms with Gasteiger partial charge in [0, 0.05) is 16.4 Å². The van der Waals surface area contributed by atoms with Crippen molar-refractivity contribution in [1.82, 2.24) is 19.7 Å². The third kappa shape index (κ3) is 3.32. The summed E-state index contributed by atoms with van der Waals surface area (Å²) in [6, 6.07) is 12.8. The quantitative estimate of drug-likeness (QED) is 0.492. The lowest BCUT2D eigenvalue weighted by molar-refractivity contribution is 0.102. The van der Waals surface area contributed by atoms with Crippen LogP contribution in [-0.4, -0.2) is 25.7 Å².